The van der Waals surface area contributed by atoms with Crippen LogP contribution in [0.5, 0.6) is 0 Å². The number of carbonyl (C=O) groups excluding carboxylic acids is 1. The molecule has 0 radical (unpaired) electrons. The molecule has 26 heavy (non-hydrogen) atoms. The zero-order valence-corrected chi connectivity index (χ0v) is 15.6. The van der Waals surface area contributed by atoms with Gasteiger partial charge in [-0.05, 0) is 50.8 Å². The lowest BCUT2D eigenvalue weighted by Gasteiger charge is -2.22. The van der Waals surface area contributed by atoms with E-state index in [0.717, 1.165) is 37.1 Å². The van der Waals surface area contributed by atoms with Crippen molar-refractivity contribution in [1.29, 1.82) is 0 Å². The van der Waals surface area contributed by atoms with Gasteiger partial charge in [-0.1, -0.05) is 18.7 Å². The van der Waals surface area contributed by atoms with Gasteiger partial charge in [0.1, 0.15) is 0 Å². The van der Waals surface area contributed by atoms with Crippen molar-refractivity contribution in [2.45, 2.75) is 45.4 Å². The van der Waals surface area contributed by atoms with Crippen LogP contribution in [0.3, 0.4) is 0 Å². The Labute approximate surface area is 155 Å². The Bertz CT molecular complexity index is 634. The molecule has 4 N–H and O–H groups in total. The zero-order valence-electron chi connectivity index (χ0n) is 15.6. The Hall–Kier alpha value is -2.31. The average molecular weight is 359 g/mol. The summed E-state index contributed by atoms with van der Waals surface area (Å²) in [5.41, 5.74) is 8.98. The minimum absolute atomic E-state index is 0.0854. The second-order valence-electron chi connectivity index (χ2n) is 6.57. The lowest BCUT2D eigenvalue weighted by molar-refractivity contribution is -0.157. The van der Waals surface area contributed by atoms with E-state index < -0.39 is 0 Å². The van der Waals surface area contributed by atoms with E-state index in [1.54, 1.807) is 13.1 Å². The first-order valence-electron chi connectivity index (χ1n) is 8.96. The summed E-state index contributed by atoms with van der Waals surface area (Å²) < 4.78 is 11.1. The molecule has 6 nitrogen and oxygen atoms in total. The number of ether oxygens (including phenoxy) is 2. The van der Waals surface area contributed by atoms with E-state index in [-0.39, 0.29) is 18.2 Å². The summed E-state index contributed by atoms with van der Waals surface area (Å²) in [5.74, 6) is -0.141. The van der Waals surface area contributed by atoms with Gasteiger partial charge >= 0.3 is 0 Å². The molecule has 1 aliphatic heterocycles. The quantitative estimate of drug-likeness (QED) is 0.621. The highest BCUT2D eigenvalue weighted by Crippen LogP contribution is 2.17. The van der Waals surface area contributed by atoms with Crippen LogP contribution in [0.4, 0.5) is 5.69 Å². The van der Waals surface area contributed by atoms with Crippen LogP contribution in [0.1, 0.15) is 44.7 Å². The highest BCUT2D eigenvalue weighted by Gasteiger charge is 2.14. The van der Waals surface area contributed by atoms with Gasteiger partial charge in [0.05, 0.1) is 18.3 Å². The van der Waals surface area contributed by atoms with E-state index in [1.165, 1.54) is 0 Å². The topological polar surface area (TPSA) is 85.6 Å². The van der Waals surface area contributed by atoms with Crippen LogP contribution in [0.25, 0.3) is 0 Å². The molecule has 1 aromatic carbocycles. The van der Waals surface area contributed by atoms with Crippen molar-refractivity contribution >= 4 is 11.6 Å². The monoisotopic (exact) mass is 359 g/mol. The average Bonchev–Trinajstić information content (AvgIpc) is 2.65. The number of carbonyl (C=O) groups is 1. The molecule has 142 valence electrons. The Morgan fingerprint density at radius 3 is 2.77 bits per heavy atom. The third-order valence-corrected chi connectivity index (χ3v) is 4.14. The van der Waals surface area contributed by atoms with E-state index in [0.29, 0.717) is 17.9 Å². The van der Waals surface area contributed by atoms with Crippen LogP contribution in [0.15, 0.2) is 48.3 Å². The first kappa shape index (κ1) is 20.0. The van der Waals surface area contributed by atoms with Crippen molar-refractivity contribution in [3.8, 4) is 0 Å². The molecule has 0 bridgehead atoms. The Morgan fingerprint density at radius 1 is 1.42 bits per heavy atom. The molecule has 1 saturated heterocycles. The molecular formula is C20H29N3O3. The Balaban J connectivity index is 1.80. The summed E-state index contributed by atoms with van der Waals surface area (Å²) in [6.07, 6.45) is 4.72. The van der Waals surface area contributed by atoms with Gasteiger partial charge in [-0.2, -0.15) is 0 Å². The van der Waals surface area contributed by atoms with E-state index in [9.17, 15) is 4.79 Å². The standard InChI is InChI=1S/C20H29N3O3/c1-14(2)20(24)23-15(3)16-7-9-18(10-8-16)22-12-17(21)13-26-19-6-4-5-11-25-19/h7-10,12,15,19,22H,1,4-6,11,13,21H2,2-3H3,(H,23,24)/b17-12-. The van der Waals surface area contributed by atoms with Gasteiger partial charge in [-0.3, -0.25) is 4.79 Å². The van der Waals surface area contributed by atoms with Gasteiger partial charge < -0.3 is 25.8 Å². The van der Waals surface area contributed by atoms with Crippen LogP contribution in [0, 0.1) is 0 Å². The number of hydrogen-bond donors (Lipinski definition) is 3. The summed E-state index contributed by atoms with van der Waals surface area (Å²) >= 11 is 0. The molecule has 0 aromatic heterocycles. The molecule has 6 heteroatoms. The van der Waals surface area contributed by atoms with Crippen molar-refractivity contribution < 1.29 is 14.3 Å². The normalized spacial score (nSPS) is 18.8. The van der Waals surface area contributed by atoms with Crippen molar-refractivity contribution in [3.05, 3.63) is 53.9 Å². The molecule has 0 aliphatic carbocycles. The largest absolute Gasteiger partial charge is 0.399 e. The predicted octanol–water partition coefficient (Wildman–Crippen LogP) is 3.20. The molecule has 2 unspecified atom stereocenters. The van der Waals surface area contributed by atoms with Crippen molar-refractivity contribution in [3.63, 3.8) is 0 Å². The summed E-state index contributed by atoms with van der Waals surface area (Å²) in [6.45, 7) is 8.36. The minimum atomic E-state index is -0.147. The SMILES string of the molecule is C=C(C)C(=O)NC(C)c1ccc(N/C=C(\N)COC2CCCCO2)cc1. The van der Waals surface area contributed by atoms with E-state index in [1.807, 2.05) is 31.2 Å². The van der Waals surface area contributed by atoms with Crippen molar-refractivity contribution in [2.24, 2.45) is 5.73 Å². The number of hydrogen-bond acceptors (Lipinski definition) is 5. The molecule has 1 fully saturated rings. The number of nitrogens with one attached hydrogen (secondary N) is 2. The third-order valence-electron chi connectivity index (χ3n) is 4.14. The van der Waals surface area contributed by atoms with Gasteiger partial charge in [0, 0.05) is 24.1 Å². The van der Waals surface area contributed by atoms with Gasteiger partial charge in [0.2, 0.25) is 5.91 Å². The first-order valence-corrected chi connectivity index (χ1v) is 8.96. The maximum absolute atomic E-state index is 11.7. The fraction of sp³-hybridized carbons (Fsp3) is 0.450. The molecule has 1 aliphatic rings. The summed E-state index contributed by atoms with van der Waals surface area (Å²) in [5, 5.41) is 6.04. The van der Waals surface area contributed by atoms with Crippen LogP contribution in [-0.4, -0.2) is 25.4 Å². The van der Waals surface area contributed by atoms with Crippen LogP contribution in [0.2, 0.25) is 0 Å². The van der Waals surface area contributed by atoms with E-state index in [4.69, 9.17) is 15.2 Å². The van der Waals surface area contributed by atoms with Crippen molar-refractivity contribution in [2.75, 3.05) is 18.5 Å². The highest BCUT2D eigenvalue weighted by atomic mass is 16.7. The molecule has 2 rings (SSSR count). The second-order valence-corrected chi connectivity index (χ2v) is 6.57. The first-order chi connectivity index (χ1) is 12.5. The zero-order chi connectivity index (χ0) is 18.9. The smallest absolute Gasteiger partial charge is 0.246 e. The van der Waals surface area contributed by atoms with Gasteiger partial charge in [-0.25, -0.2) is 0 Å². The fourth-order valence-corrected chi connectivity index (χ4v) is 2.52. The molecule has 1 heterocycles. The lowest BCUT2D eigenvalue weighted by atomic mass is 10.1. The van der Waals surface area contributed by atoms with E-state index >= 15 is 0 Å². The van der Waals surface area contributed by atoms with Gasteiger partial charge in [0.15, 0.2) is 6.29 Å². The summed E-state index contributed by atoms with van der Waals surface area (Å²) in [4.78, 5) is 11.7. The molecule has 0 saturated carbocycles. The van der Waals surface area contributed by atoms with Crippen LogP contribution < -0.4 is 16.4 Å². The number of anilines is 1. The second kappa shape index (κ2) is 9.99. The van der Waals surface area contributed by atoms with Crippen LogP contribution >= 0.6 is 0 Å². The van der Waals surface area contributed by atoms with Crippen LogP contribution in [-0.2, 0) is 14.3 Å². The fourth-order valence-electron chi connectivity index (χ4n) is 2.52. The lowest BCUT2D eigenvalue weighted by Crippen LogP contribution is -2.26. The Kier molecular flexibility index (Phi) is 7.69. The van der Waals surface area contributed by atoms with Crippen molar-refractivity contribution in [1.82, 2.24) is 5.32 Å². The predicted molar refractivity (Wildman–Crippen MR) is 103 cm³/mol. The number of rotatable bonds is 8. The minimum Gasteiger partial charge on any atom is -0.399 e. The number of amides is 1. The summed E-state index contributed by atoms with van der Waals surface area (Å²) in [6, 6.07) is 7.71. The molecule has 1 aromatic rings. The molecular weight excluding hydrogens is 330 g/mol. The molecule has 0 spiro atoms. The Morgan fingerprint density at radius 2 is 2.15 bits per heavy atom. The number of benzene rings is 1. The number of nitrogens with two attached hydrogens (primary N) is 1. The third kappa shape index (κ3) is 6.54. The molecule has 2 atom stereocenters. The summed E-state index contributed by atoms with van der Waals surface area (Å²) in [7, 11) is 0. The highest BCUT2D eigenvalue weighted by molar-refractivity contribution is 5.92. The molecule has 1 amide bonds. The maximum atomic E-state index is 11.7. The van der Waals surface area contributed by atoms with Gasteiger partial charge in [-0.15, -0.1) is 0 Å². The van der Waals surface area contributed by atoms with E-state index in [2.05, 4.69) is 17.2 Å². The van der Waals surface area contributed by atoms with Gasteiger partial charge in [0.25, 0.3) is 0 Å². The maximum Gasteiger partial charge on any atom is 0.246 e.